The van der Waals surface area contributed by atoms with E-state index in [4.69, 9.17) is 11.5 Å². The lowest BCUT2D eigenvalue weighted by Crippen LogP contribution is -2.42. The third kappa shape index (κ3) is 3.40. The van der Waals surface area contributed by atoms with E-state index >= 15 is 0 Å². The number of hydrogen-bond acceptors (Lipinski definition) is 5. The van der Waals surface area contributed by atoms with Gasteiger partial charge in [0.2, 0.25) is 11.8 Å². The predicted octanol–water partition coefficient (Wildman–Crippen LogP) is 2.12. The molecule has 2 amide bonds. The summed E-state index contributed by atoms with van der Waals surface area (Å²) in [6.45, 7) is 1.86. The maximum absolute atomic E-state index is 12.2. The summed E-state index contributed by atoms with van der Waals surface area (Å²) in [7, 11) is 2.01. The summed E-state index contributed by atoms with van der Waals surface area (Å²) in [5.41, 5.74) is 16.5. The number of carbonyl (C=O) groups excluding carboxylic acids is 2. The molecule has 4 N–H and O–H groups in total. The van der Waals surface area contributed by atoms with Crippen LogP contribution >= 0.6 is 0 Å². The number of piperidine rings is 1. The van der Waals surface area contributed by atoms with E-state index in [1.54, 1.807) is 17.0 Å². The lowest BCUT2D eigenvalue weighted by atomic mass is 9.81. The average molecular weight is 403 g/mol. The molecule has 2 aromatic carbocycles. The molecule has 2 aliphatic rings. The number of nitriles is 1. The molecule has 1 fully saturated rings. The molecule has 0 radical (unpaired) electrons. The number of primary amides is 2. The van der Waals surface area contributed by atoms with Gasteiger partial charge in [-0.2, -0.15) is 5.26 Å². The van der Waals surface area contributed by atoms with E-state index in [0.717, 1.165) is 47.2 Å². The summed E-state index contributed by atoms with van der Waals surface area (Å²) < 4.78 is 0. The predicted molar refractivity (Wildman–Crippen MR) is 113 cm³/mol. The standard InChI is InChI=1S/C23H25N5O2/c1-27-8-4-7-18(23(26)30)21(27)14-9-15-11-28(13-24)12-20(15)19(10-14)16-5-2-3-6-17(16)22(25)29/h2-3,5-6,9-10,18,21H,4,7-8,11-12H2,1H3,(H2,25,29)(H2,26,30). The first-order valence-electron chi connectivity index (χ1n) is 10.1. The van der Waals surface area contributed by atoms with Crippen LogP contribution in [-0.2, 0) is 17.9 Å². The number of amides is 2. The lowest BCUT2D eigenvalue weighted by Gasteiger charge is -2.38. The fraction of sp³-hybridized carbons (Fsp3) is 0.348. The lowest BCUT2D eigenvalue weighted by molar-refractivity contribution is -0.125. The van der Waals surface area contributed by atoms with Crippen molar-refractivity contribution in [2.45, 2.75) is 32.0 Å². The van der Waals surface area contributed by atoms with Crippen molar-refractivity contribution in [3.8, 4) is 17.3 Å². The van der Waals surface area contributed by atoms with E-state index in [-0.39, 0.29) is 17.9 Å². The zero-order chi connectivity index (χ0) is 21.4. The van der Waals surface area contributed by atoms with Crippen LogP contribution in [0.2, 0.25) is 0 Å². The molecule has 0 aromatic heterocycles. The molecule has 7 heteroatoms. The number of likely N-dealkylation sites (tertiary alicyclic amines) is 1. The van der Waals surface area contributed by atoms with Crippen molar-refractivity contribution in [1.29, 1.82) is 5.26 Å². The van der Waals surface area contributed by atoms with Crippen molar-refractivity contribution in [2.24, 2.45) is 17.4 Å². The second-order valence-electron chi connectivity index (χ2n) is 8.15. The van der Waals surface area contributed by atoms with Crippen molar-refractivity contribution in [1.82, 2.24) is 9.80 Å². The van der Waals surface area contributed by atoms with Crippen molar-refractivity contribution in [3.63, 3.8) is 0 Å². The molecule has 154 valence electrons. The Hall–Kier alpha value is -3.37. The van der Waals surface area contributed by atoms with Gasteiger partial charge < -0.3 is 16.4 Å². The highest BCUT2D eigenvalue weighted by molar-refractivity contribution is 6.00. The SMILES string of the molecule is CN1CCCC(C(N)=O)C1c1cc2c(c(-c3ccccc3C(N)=O)c1)CN(C#N)C2. The van der Waals surface area contributed by atoms with Crippen molar-refractivity contribution >= 4 is 11.8 Å². The Morgan fingerprint density at radius 1 is 1.13 bits per heavy atom. The van der Waals surface area contributed by atoms with Crippen LogP contribution in [0.1, 0.15) is 45.9 Å². The highest BCUT2D eigenvalue weighted by atomic mass is 16.1. The minimum Gasteiger partial charge on any atom is -0.369 e. The largest absolute Gasteiger partial charge is 0.369 e. The summed E-state index contributed by atoms with van der Waals surface area (Å²) in [6.07, 6.45) is 3.89. The van der Waals surface area contributed by atoms with Gasteiger partial charge in [-0.25, -0.2) is 0 Å². The fourth-order valence-electron chi connectivity index (χ4n) is 4.90. The van der Waals surface area contributed by atoms with E-state index in [0.29, 0.717) is 18.7 Å². The normalized spacial score (nSPS) is 21.1. The van der Waals surface area contributed by atoms with Crippen molar-refractivity contribution in [2.75, 3.05) is 13.6 Å². The van der Waals surface area contributed by atoms with Crippen LogP contribution in [0.4, 0.5) is 0 Å². The Balaban J connectivity index is 1.92. The van der Waals surface area contributed by atoms with Crippen LogP contribution < -0.4 is 11.5 Å². The number of benzene rings is 2. The highest BCUT2D eigenvalue weighted by Crippen LogP contribution is 2.41. The second kappa shape index (κ2) is 7.81. The van der Waals surface area contributed by atoms with Crippen LogP contribution in [-0.4, -0.2) is 35.2 Å². The van der Waals surface area contributed by atoms with Gasteiger partial charge in [0.25, 0.3) is 0 Å². The summed E-state index contributed by atoms with van der Waals surface area (Å²) in [5.74, 6) is -1.08. The van der Waals surface area contributed by atoms with E-state index in [1.807, 2.05) is 25.2 Å². The molecule has 2 heterocycles. The smallest absolute Gasteiger partial charge is 0.249 e. The van der Waals surface area contributed by atoms with Crippen LogP contribution in [0.5, 0.6) is 0 Å². The van der Waals surface area contributed by atoms with Gasteiger partial charge in [-0.15, -0.1) is 0 Å². The Bertz CT molecular complexity index is 1060. The molecule has 2 aromatic rings. The van der Waals surface area contributed by atoms with Crippen molar-refractivity contribution < 1.29 is 9.59 Å². The van der Waals surface area contributed by atoms with E-state index in [2.05, 4.69) is 17.2 Å². The number of fused-ring (bicyclic) bond motifs is 1. The molecule has 2 atom stereocenters. The topological polar surface area (TPSA) is 116 Å². The molecule has 0 saturated carbocycles. The Kier molecular flexibility index (Phi) is 5.18. The third-order valence-electron chi connectivity index (χ3n) is 6.29. The molecular formula is C23H25N5O2. The fourth-order valence-corrected chi connectivity index (χ4v) is 4.90. The van der Waals surface area contributed by atoms with Gasteiger partial charge in [-0.1, -0.05) is 24.3 Å². The molecule has 1 saturated heterocycles. The van der Waals surface area contributed by atoms with Gasteiger partial charge in [0.1, 0.15) is 0 Å². The molecule has 7 nitrogen and oxygen atoms in total. The summed E-state index contributed by atoms with van der Waals surface area (Å²) >= 11 is 0. The highest BCUT2D eigenvalue weighted by Gasteiger charge is 2.36. The first-order chi connectivity index (χ1) is 14.4. The molecule has 2 aliphatic heterocycles. The van der Waals surface area contributed by atoms with Crippen molar-refractivity contribution in [3.05, 3.63) is 58.7 Å². The molecule has 2 unspecified atom stereocenters. The third-order valence-corrected chi connectivity index (χ3v) is 6.29. The zero-order valence-electron chi connectivity index (χ0n) is 17.0. The van der Waals surface area contributed by atoms with E-state index in [9.17, 15) is 14.9 Å². The maximum Gasteiger partial charge on any atom is 0.249 e. The van der Waals surface area contributed by atoms with Gasteiger partial charge in [0.05, 0.1) is 19.0 Å². The second-order valence-corrected chi connectivity index (χ2v) is 8.15. The van der Waals surface area contributed by atoms with Gasteiger partial charge in [0.15, 0.2) is 6.19 Å². The van der Waals surface area contributed by atoms with Gasteiger partial charge in [-0.3, -0.25) is 14.5 Å². The maximum atomic E-state index is 12.2. The van der Waals surface area contributed by atoms with Gasteiger partial charge in [0, 0.05) is 11.6 Å². The zero-order valence-corrected chi connectivity index (χ0v) is 17.0. The Morgan fingerprint density at radius 2 is 1.90 bits per heavy atom. The number of rotatable bonds is 4. The first kappa shape index (κ1) is 19.9. The van der Waals surface area contributed by atoms with Gasteiger partial charge in [-0.05, 0) is 66.4 Å². The molecule has 4 rings (SSSR count). The van der Waals surface area contributed by atoms with Crippen LogP contribution in [0, 0.1) is 17.4 Å². The Morgan fingerprint density at radius 3 is 2.60 bits per heavy atom. The number of nitrogens with two attached hydrogens (primary N) is 2. The summed E-state index contributed by atoms with van der Waals surface area (Å²) in [5, 5.41) is 9.45. The quantitative estimate of drug-likeness (QED) is 0.759. The summed E-state index contributed by atoms with van der Waals surface area (Å²) in [4.78, 5) is 28.1. The van der Waals surface area contributed by atoms with Crippen LogP contribution in [0.15, 0.2) is 36.4 Å². The molecule has 0 bridgehead atoms. The minimum atomic E-state index is -0.496. The number of carbonyl (C=O) groups is 2. The monoisotopic (exact) mass is 403 g/mol. The molecule has 0 spiro atoms. The Labute approximate surface area is 175 Å². The molecule has 0 aliphatic carbocycles. The average Bonchev–Trinajstić information content (AvgIpc) is 3.16. The number of nitrogens with zero attached hydrogens (tertiary/aromatic N) is 3. The van der Waals surface area contributed by atoms with Crippen LogP contribution in [0.3, 0.4) is 0 Å². The minimum absolute atomic E-state index is 0.142. The molecular weight excluding hydrogens is 378 g/mol. The van der Waals surface area contributed by atoms with E-state index in [1.165, 1.54) is 0 Å². The van der Waals surface area contributed by atoms with E-state index < -0.39 is 5.91 Å². The molecule has 30 heavy (non-hydrogen) atoms. The van der Waals surface area contributed by atoms with Gasteiger partial charge >= 0.3 is 0 Å². The summed E-state index contributed by atoms with van der Waals surface area (Å²) in [6, 6.07) is 11.2. The number of hydrogen-bond donors (Lipinski definition) is 2. The first-order valence-corrected chi connectivity index (χ1v) is 10.1. The van der Waals surface area contributed by atoms with Crippen LogP contribution in [0.25, 0.3) is 11.1 Å².